The summed E-state index contributed by atoms with van der Waals surface area (Å²) in [4.78, 5) is 18.9. The zero-order valence-electron chi connectivity index (χ0n) is 11.7. The lowest BCUT2D eigenvalue weighted by molar-refractivity contribution is 0.0762. The molecule has 1 aliphatic rings. The number of carbonyl (C=O) groups is 1. The van der Waals surface area contributed by atoms with Crippen LogP contribution in [0.25, 0.3) is 0 Å². The van der Waals surface area contributed by atoms with Crippen LogP contribution in [-0.2, 0) is 19.9 Å². The van der Waals surface area contributed by atoms with Crippen molar-refractivity contribution < 1.29 is 4.79 Å². The van der Waals surface area contributed by atoms with E-state index in [1.165, 1.54) is 5.56 Å². The topological polar surface area (TPSA) is 38.1 Å². The van der Waals surface area contributed by atoms with Crippen molar-refractivity contribution >= 4 is 5.91 Å². The standard InChI is InChI=1S/C16H19N3O/c1-18-12-9-17-15(18)8-11-19-10-4-6-13-5-2-3-7-14(13)16(19)20/h2-3,5,7,9,12H,4,6,8,10-11H2,1H3. The molecule has 2 aromatic rings. The number of fused-ring (bicyclic) bond motifs is 1. The van der Waals surface area contributed by atoms with Gasteiger partial charge in [0.2, 0.25) is 0 Å². The molecular weight excluding hydrogens is 250 g/mol. The second kappa shape index (κ2) is 5.49. The molecule has 4 heteroatoms. The van der Waals surface area contributed by atoms with Gasteiger partial charge in [-0.2, -0.15) is 0 Å². The first-order valence-electron chi connectivity index (χ1n) is 7.09. The molecule has 0 bridgehead atoms. The summed E-state index contributed by atoms with van der Waals surface area (Å²) in [5.74, 6) is 1.18. The minimum Gasteiger partial charge on any atom is -0.338 e. The summed E-state index contributed by atoms with van der Waals surface area (Å²) >= 11 is 0. The highest BCUT2D eigenvalue weighted by molar-refractivity contribution is 5.96. The van der Waals surface area contributed by atoms with Gasteiger partial charge in [-0.3, -0.25) is 4.79 Å². The summed E-state index contributed by atoms with van der Waals surface area (Å²) in [5, 5.41) is 0. The third-order valence-electron chi connectivity index (χ3n) is 3.94. The Kier molecular flexibility index (Phi) is 3.54. The molecule has 0 saturated carbocycles. The van der Waals surface area contributed by atoms with E-state index in [1.807, 2.05) is 40.9 Å². The van der Waals surface area contributed by atoms with E-state index >= 15 is 0 Å². The number of rotatable bonds is 3. The van der Waals surface area contributed by atoms with Gasteiger partial charge in [-0.15, -0.1) is 0 Å². The number of amides is 1. The number of aromatic nitrogens is 2. The zero-order chi connectivity index (χ0) is 13.9. The van der Waals surface area contributed by atoms with Crippen molar-refractivity contribution in [2.24, 2.45) is 7.05 Å². The fraction of sp³-hybridized carbons (Fsp3) is 0.375. The van der Waals surface area contributed by atoms with Gasteiger partial charge in [-0.1, -0.05) is 18.2 Å². The van der Waals surface area contributed by atoms with Crippen LogP contribution in [0, 0.1) is 0 Å². The predicted octanol–water partition coefficient (Wildman–Crippen LogP) is 2.05. The number of imidazole rings is 1. The van der Waals surface area contributed by atoms with Crippen LogP contribution in [0.1, 0.15) is 28.2 Å². The smallest absolute Gasteiger partial charge is 0.254 e. The average molecular weight is 269 g/mol. The Morgan fingerprint density at radius 2 is 2.15 bits per heavy atom. The molecule has 0 unspecified atom stereocenters. The van der Waals surface area contributed by atoms with Crippen molar-refractivity contribution in [2.45, 2.75) is 19.3 Å². The van der Waals surface area contributed by atoms with Crippen molar-refractivity contribution in [1.82, 2.24) is 14.5 Å². The lowest BCUT2D eigenvalue weighted by Gasteiger charge is -2.20. The van der Waals surface area contributed by atoms with Crippen LogP contribution in [0.4, 0.5) is 0 Å². The third-order valence-corrected chi connectivity index (χ3v) is 3.94. The first-order valence-corrected chi connectivity index (χ1v) is 7.09. The molecule has 4 nitrogen and oxygen atoms in total. The van der Waals surface area contributed by atoms with E-state index in [9.17, 15) is 4.79 Å². The summed E-state index contributed by atoms with van der Waals surface area (Å²) in [6.07, 6.45) is 6.56. The van der Waals surface area contributed by atoms with Gasteiger partial charge in [-0.25, -0.2) is 4.98 Å². The molecule has 20 heavy (non-hydrogen) atoms. The Balaban J connectivity index is 1.74. The molecule has 0 atom stereocenters. The quantitative estimate of drug-likeness (QED) is 0.855. The van der Waals surface area contributed by atoms with Gasteiger partial charge >= 0.3 is 0 Å². The molecule has 0 spiro atoms. The van der Waals surface area contributed by atoms with Crippen LogP contribution >= 0.6 is 0 Å². The van der Waals surface area contributed by atoms with Crippen molar-refractivity contribution in [3.8, 4) is 0 Å². The van der Waals surface area contributed by atoms with Crippen molar-refractivity contribution in [1.29, 1.82) is 0 Å². The van der Waals surface area contributed by atoms with E-state index in [2.05, 4.69) is 11.1 Å². The second-order valence-corrected chi connectivity index (χ2v) is 5.26. The van der Waals surface area contributed by atoms with Crippen molar-refractivity contribution in [3.63, 3.8) is 0 Å². The highest BCUT2D eigenvalue weighted by Crippen LogP contribution is 2.18. The lowest BCUT2D eigenvalue weighted by atomic mass is 10.0. The van der Waals surface area contributed by atoms with E-state index in [-0.39, 0.29) is 5.91 Å². The van der Waals surface area contributed by atoms with Gasteiger partial charge in [0, 0.05) is 44.5 Å². The molecule has 2 heterocycles. The highest BCUT2D eigenvalue weighted by Gasteiger charge is 2.21. The molecule has 0 fully saturated rings. The Morgan fingerprint density at radius 1 is 1.30 bits per heavy atom. The predicted molar refractivity (Wildman–Crippen MR) is 77.6 cm³/mol. The van der Waals surface area contributed by atoms with Gasteiger partial charge in [0.15, 0.2) is 0 Å². The first-order chi connectivity index (χ1) is 9.75. The van der Waals surface area contributed by atoms with Gasteiger partial charge < -0.3 is 9.47 Å². The molecular formula is C16H19N3O. The Morgan fingerprint density at radius 3 is 2.95 bits per heavy atom. The van der Waals surface area contributed by atoms with Gasteiger partial charge in [0.25, 0.3) is 5.91 Å². The molecule has 1 amide bonds. The monoisotopic (exact) mass is 269 g/mol. The Hall–Kier alpha value is -2.10. The maximum absolute atomic E-state index is 12.6. The molecule has 0 saturated heterocycles. The van der Waals surface area contributed by atoms with E-state index in [0.29, 0.717) is 0 Å². The van der Waals surface area contributed by atoms with Crippen LogP contribution < -0.4 is 0 Å². The average Bonchev–Trinajstić information content (AvgIpc) is 2.80. The number of nitrogens with zero attached hydrogens (tertiary/aromatic N) is 3. The number of hydrogen-bond donors (Lipinski definition) is 0. The number of carbonyl (C=O) groups excluding carboxylic acids is 1. The maximum atomic E-state index is 12.6. The minimum atomic E-state index is 0.160. The summed E-state index contributed by atoms with van der Waals surface area (Å²) < 4.78 is 2.01. The van der Waals surface area contributed by atoms with E-state index in [1.54, 1.807) is 6.20 Å². The second-order valence-electron chi connectivity index (χ2n) is 5.26. The molecule has 1 aliphatic heterocycles. The van der Waals surface area contributed by atoms with Crippen LogP contribution in [0.5, 0.6) is 0 Å². The zero-order valence-corrected chi connectivity index (χ0v) is 11.7. The Bertz CT molecular complexity index is 618. The fourth-order valence-electron chi connectivity index (χ4n) is 2.76. The molecule has 1 aromatic carbocycles. The van der Waals surface area contributed by atoms with E-state index in [4.69, 9.17) is 0 Å². The SMILES string of the molecule is Cn1ccnc1CCN1CCCc2ccccc2C1=O. The summed E-state index contributed by atoms with van der Waals surface area (Å²) in [7, 11) is 1.99. The number of benzene rings is 1. The van der Waals surface area contributed by atoms with Gasteiger partial charge in [-0.05, 0) is 24.5 Å². The Labute approximate surface area is 119 Å². The number of aryl methyl sites for hydroxylation is 2. The molecule has 0 aliphatic carbocycles. The van der Waals surface area contributed by atoms with Crippen LogP contribution in [0.15, 0.2) is 36.7 Å². The van der Waals surface area contributed by atoms with Crippen LogP contribution in [0.3, 0.4) is 0 Å². The van der Waals surface area contributed by atoms with E-state index in [0.717, 1.165) is 43.7 Å². The van der Waals surface area contributed by atoms with Crippen molar-refractivity contribution in [2.75, 3.05) is 13.1 Å². The molecule has 3 rings (SSSR count). The molecule has 0 N–H and O–H groups in total. The normalized spacial score (nSPS) is 15.1. The fourth-order valence-corrected chi connectivity index (χ4v) is 2.76. The maximum Gasteiger partial charge on any atom is 0.254 e. The largest absolute Gasteiger partial charge is 0.338 e. The molecule has 104 valence electrons. The van der Waals surface area contributed by atoms with Crippen molar-refractivity contribution in [3.05, 3.63) is 53.6 Å². The molecule has 1 aromatic heterocycles. The number of hydrogen-bond acceptors (Lipinski definition) is 2. The van der Waals surface area contributed by atoms with Gasteiger partial charge in [0.05, 0.1) is 0 Å². The molecule has 0 radical (unpaired) electrons. The summed E-state index contributed by atoms with van der Waals surface area (Å²) in [6, 6.07) is 7.96. The van der Waals surface area contributed by atoms with Gasteiger partial charge in [0.1, 0.15) is 5.82 Å². The summed E-state index contributed by atoms with van der Waals surface area (Å²) in [5.41, 5.74) is 2.04. The van der Waals surface area contributed by atoms with Crippen LogP contribution in [-0.4, -0.2) is 33.4 Å². The minimum absolute atomic E-state index is 0.160. The lowest BCUT2D eigenvalue weighted by Crippen LogP contribution is -2.33. The van der Waals surface area contributed by atoms with Crippen LogP contribution in [0.2, 0.25) is 0 Å². The summed E-state index contributed by atoms with van der Waals surface area (Å²) in [6.45, 7) is 1.57. The van der Waals surface area contributed by atoms with E-state index < -0.39 is 0 Å². The highest BCUT2D eigenvalue weighted by atomic mass is 16.2. The third kappa shape index (κ3) is 2.46. The first kappa shape index (κ1) is 12.9.